The van der Waals surface area contributed by atoms with Crippen molar-refractivity contribution in [3.05, 3.63) is 46.3 Å². The highest BCUT2D eigenvalue weighted by atomic mass is 35.5. The number of carbonyl (C=O) groups is 1. The molecule has 3 rings (SSSR count). The molecule has 0 amide bonds. The number of hydrogen-bond donors (Lipinski definition) is 1. The molecule has 0 saturated carbocycles. The standard InChI is InChI=1S/C13H8ClNOS/c14-12-6-5-11(17-12)13-9(7-16)8-3-1-2-4-10(8)15-13/h1-7,15H. The van der Waals surface area contributed by atoms with Crippen molar-refractivity contribution in [2.75, 3.05) is 0 Å². The summed E-state index contributed by atoms with van der Waals surface area (Å²) in [6.45, 7) is 0. The molecular weight excluding hydrogens is 254 g/mol. The van der Waals surface area contributed by atoms with Gasteiger partial charge in [-0.3, -0.25) is 4.79 Å². The number of aromatic amines is 1. The van der Waals surface area contributed by atoms with E-state index in [1.165, 1.54) is 11.3 Å². The van der Waals surface area contributed by atoms with Crippen LogP contribution in [0, 0.1) is 0 Å². The monoisotopic (exact) mass is 261 g/mol. The number of H-pyrrole nitrogens is 1. The third-order valence-corrected chi connectivity index (χ3v) is 3.93. The lowest BCUT2D eigenvalue weighted by Gasteiger charge is -1.93. The topological polar surface area (TPSA) is 32.9 Å². The number of halogens is 1. The number of hydrogen-bond acceptors (Lipinski definition) is 2. The SMILES string of the molecule is O=Cc1c(-c2ccc(Cl)s2)[nH]c2ccccc12. The van der Waals surface area contributed by atoms with E-state index in [9.17, 15) is 4.79 Å². The maximum absolute atomic E-state index is 11.2. The first kappa shape index (κ1) is 10.6. The van der Waals surface area contributed by atoms with Gasteiger partial charge in [0, 0.05) is 16.5 Å². The van der Waals surface area contributed by atoms with E-state index in [1.54, 1.807) is 0 Å². The minimum absolute atomic E-state index is 0.694. The van der Waals surface area contributed by atoms with E-state index in [2.05, 4.69) is 4.98 Å². The van der Waals surface area contributed by atoms with Gasteiger partial charge in [-0.15, -0.1) is 11.3 Å². The predicted octanol–water partition coefficient (Wildman–Crippen LogP) is 4.36. The number of benzene rings is 1. The first-order valence-corrected chi connectivity index (χ1v) is 6.30. The number of aldehydes is 1. The van der Waals surface area contributed by atoms with Crippen molar-refractivity contribution in [1.29, 1.82) is 0 Å². The second kappa shape index (κ2) is 4.02. The Hall–Kier alpha value is -1.58. The van der Waals surface area contributed by atoms with Crippen LogP contribution in [0.15, 0.2) is 36.4 Å². The lowest BCUT2D eigenvalue weighted by Crippen LogP contribution is -1.80. The van der Waals surface area contributed by atoms with Crippen molar-refractivity contribution in [2.24, 2.45) is 0 Å². The van der Waals surface area contributed by atoms with Crippen molar-refractivity contribution in [2.45, 2.75) is 0 Å². The molecule has 0 saturated heterocycles. The van der Waals surface area contributed by atoms with Gasteiger partial charge in [0.1, 0.15) is 0 Å². The van der Waals surface area contributed by atoms with Gasteiger partial charge < -0.3 is 4.98 Å². The van der Waals surface area contributed by atoms with E-state index >= 15 is 0 Å². The van der Waals surface area contributed by atoms with E-state index in [-0.39, 0.29) is 0 Å². The Kier molecular flexibility index (Phi) is 2.50. The van der Waals surface area contributed by atoms with Crippen LogP contribution in [0.25, 0.3) is 21.5 Å². The Labute approximate surface area is 107 Å². The Morgan fingerprint density at radius 3 is 2.71 bits per heavy atom. The maximum Gasteiger partial charge on any atom is 0.152 e. The quantitative estimate of drug-likeness (QED) is 0.683. The molecule has 0 aliphatic rings. The molecule has 0 fully saturated rings. The maximum atomic E-state index is 11.2. The number of para-hydroxylation sites is 1. The van der Waals surface area contributed by atoms with Crippen LogP contribution in [-0.2, 0) is 0 Å². The second-order valence-corrected chi connectivity index (χ2v) is 5.40. The zero-order chi connectivity index (χ0) is 11.8. The predicted molar refractivity (Wildman–Crippen MR) is 72.0 cm³/mol. The Morgan fingerprint density at radius 1 is 1.18 bits per heavy atom. The normalized spacial score (nSPS) is 10.9. The lowest BCUT2D eigenvalue weighted by atomic mass is 10.1. The number of carbonyl (C=O) groups excluding carboxylic acids is 1. The molecule has 0 aliphatic carbocycles. The molecule has 2 heterocycles. The number of nitrogens with one attached hydrogen (secondary N) is 1. The van der Waals surface area contributed by atoms with Gasteiger partial charge in [-0.2, -0.15) is 0 Å². The van der Waals surface area contributed by atoms with Crippen molar-refractivity contribution >= 4 is 40.1 Å². The summed E-state index contributed by atoms with van der Waals surface area (Å²) in [5.41, 5.74) is 2.51. The van der Waals surface area contributed by atoms with Crippen LogP contribution in [0.2, 0.25) is 4.34 Å². The van der Waals surface area contributed by atoms with Crippen LogP contribution >= 0.6 is 22.9 Å². The summed E-state index contributed by atoms with van der Waals surface area (Å²) in [7, 11) is 0. The molecule has 1 aromatic carbocycles. The summed E-state index contributed by atoms with van der Waals surface area (Å²) in [4.78, 5) is 15.5. The molecule has 0 spiro atoms. The Bertz CT molecular complexity index is 698. The zero-order valence-corrected chi connectivity index (χ0v) is 10.3. The van der Waals surface area contributed by atoms with Gasteiger partial charge in [-0.05, 0) is 18.2 Å². The van der Waals surface area contributed by atoms with Crippen molar-refractivity contribution in [3.8, 4) is 10.6 Å². The second-order valence-electron chi connectivity index (χ2n) is 3.68. The fourth-order valence-corrected chi connectivity index (χ4v) is 2.99. The number of aromatic nitrogens is 1. The van der Waals surface area contributed by atoms with Gasteiger partial charge in [0.2, 0.25) is 0 Å². The molecule has 2 nitrogen and oxygen atoms in total. The first-order chi connectivity index (χ1) is 8.29. The van der Waals surface area contributed by atoms with Gasteiger partial charge in [0.05, 0.1) is 14.9 Å². The smallest absolute Gasteiger partial charge is 0.152 e. The van der Waals surface area contributed by atoms with E-state index < -0.39 is 0 Å². The molecule has 0 aliphatic heterocycles. The molecule has 84 valence electrons. The van der Waals surface area contributed by atoms with Crippen LogP contribution in [0.5, 0.6) is 0 Å². The largest absolute Gasteiger partial charge is 0.353 e. The van der Waals surface area contributed by atoms with Crippen LogP contribution < -0.4 is 0 Å². The van der Waals surface area contributed by atoms with E-state index in [1.807, 2.05) is 36.4 Å². The molecule has 1 N–H and O–H groups in total. The Morgan fingerprint density at radius 2 is 2.00 bits per heavy atom. The van der Waals surface area contributed by atoms with Gasteiger partial charge in [0.15, 0.2) is 6.29 Å². The van der Waals surface area contributed by atoms with Crippen LogP contribution in [-0.4, -0.2) is 11.3 Å². The molecule has 0 bridgehead atoms. The summed E-state index contributed by atoms with van der Waals surface area (Å²) >= 11 is 7.38. The molecular formula is C13H8ClNOS. The summed E-state index contributed by atoms with van der Waals surface area (Å²) in [6, 6.07) is 11.5. The third-order valence-electron chi connectivity index (χ3n) is 2.68. The molecule has 0 atom stereocenters. The minimum Gasteiger partial charge on any atom is -0.353 e. The van der Waals surface area contributed by atoms with E-state index in [4.69, 9.17) is 11.6 Å². The summed E-state index contributed by atoms with van der Waals surface area (Å²) in [6.07, 6.45) is 0.891. The average molecular weight is 262 g/mol. The lowest BCUT2D eigenvalue weighted by molar-refractivity contribution is 0.112. The van der Waals surface area contributed by atoms with Crippen molar-refractivity contribution < 1.29 is 4.79 Å². The minimum atomic E-state index is 0.694. The number of fused-ring (bicyclic) bond motifs is 1. The highest BCUT2D eigenvalue weighted by Gasteiger charge is 2.13. The fourth-order valence-electron chi connectivity index (χ4n) is 1.93. The molecule has 2 aromatic heterocycles. The summed E-state index contributed by atoms with van der Waals surface area (Å²) in [5, 5.41) is 0.946. The Balaban J connectivity index is 2.32. The van der Waals surface area contributed by atoms with Crippen molar-refractivity contribution in [1.82, 2.24) is 4.98 Å². The van der Waals surface area contributed by atoms with Gasteiger partial charge in [0.25, 0.3) is 0 Å². The third kappa shape index (κ3) is 1.68. The molecule has 0 radical (unpaired) electrons. The fraction of sp³-hybridized carbons (Fsp3) is 0. The summed E-state index contributed by atoms with van der Waals surface area (Å²) in [5.74, 6) is 0. The van der Waals surface area contributed by atoms with Gasteiger partial charge in [-0.25, -0.2) is 0 Å². The highest BCUT2D eigenvalue weighted by molar-refractivity contribution is 7.19. The highest BCUT2D eigenvalue weighted by Crippen LogP contribution is 2.35. The van der Waals surface area contributed by atoms with Gasteiger partial charge >= 0.3 is 0 Å². The molecule has 0 unspecified atom stereocenters. The van der Waals surface area contributed by atoms with Crippen LogP contribution in [0.1, 0.15) is 10.4 Å². The van der Waals surface area contributed by atoms with Crippen LogP contribution in [0.3, 0.4) is 0 Å². The van der Waals surface area contributed by atoms with E-state index in [0.29, 0.717) is 5.56 Å². The zero-order valence-electron chi connectivity index (χ0n) is 8.74. The van der Waals surface area contributed by atoms with E-state index in [0.717, 1.165) is 32.1 Å². The van der Waals surface area contributed by atoms with Crippen molar-refractivity contribution in [3.63, 3.8) is 0 Å². The first-order valence-electron chi connectivity index (χ1n) is 5.11. The molecule has 17 heavy (non-hydrogen) atoms. The molecule has 3 aromatic rings. The van der Waals surface area contributed by atoms with Crippen LogP contribution in [0.4, 0.5) is 0 Å². The van der Waals surface area contributed by atoms with Gasteiger partial charge in [-0.1, -0.05) is 29.8 Å². The average Bonchev–Trinajstić information content (AvgIpc) is 2.91. The number of thiophene rings is 1. The molecule has 4 heteroatoms. The summed E-state index contributed by atoms with van der Waals surface area (Å²) < 4.78 is 0.718. The number of rotatable bonds is 2.